The quantitative estimate of drug-likeness (QED) is 0.864. The molecule has 0 aliphatic rings. The highest BCUT2D eigenvalue weighted by atomic mass is 79.9. The lowest BCUT2D eigenvalue weighted by Gasteiger charge is -2.02. The second kappa shape index (κ2) is 3.90. The van der Waals surface area contributed by atoms with E-state index in [-0.39, 0.29) is 11.1 Å². The van der Waals surface area contributed by atoms with E-state index in [1.54, 1.807) is 6.07 Å². The number of nitrogens with zero attached hydrogens (tertiary/aromatic N) is 1. The van der Waals surface area contributed by atoms with Gasteiger partial charge in [-0.25, -0.2) is 0 Å². The van der Waals surface area contributed by atoms with Gasteiger partial charge < -0.3 is 5.73 Å². The molecular weight excluding hydrogens is 300 g/mol. The number of primary amides is 1. The Morgan fingerprint density at radius 1 is 1.46 bits per heavy atom. The highest BCUT2D eigenvalue weighted by Crippen LogP contribution is 2.25. The van der Waals surface area contributed by atoms with Crippen molar-refractivity contribution in [1.29, 1.82) is 5.26 Å². The Hall–Kier alpha value is -0.860. The zero-order chi connectivity index (χ0) is 10.0. The van der Waals surface area contributed by atoms with Crippen molar-refractivity contribution in [3.8, 4) is 6.07 Å². The van der Waals surface area contributed by atoms with Crippen molar-refractivity contribution in [1.82, 2.24) is 0 Å². The number of amides is 1. The molecule has 0 aliphatic heterocycles. The maximum Gasteiger partial charge on any atom is 0.250 e. The second-order valence-electron chi connectivity index (χ2n) is 2.29. The zero-order valence-electron chi connectivity index (χ0n) is 6.34. The molecule has 0 aromatic heterocycles. The number of nitrogens with two attached hydrogens (primary N) is 1. The molecule has 0 spiro atoms. The number of carbonyl (C=O) groups is 1. The van der Waals surface area contributed by atoms with Crippen LogP contribution >= 0.6 is 31.9 Å². The van der Waals surface area contributed by atoms with Gasteiger partial charge >= 0.3 is 0 Å². The first kappa shape index (κ1) is 10.2. The van der Waals surface area contributed by atoms with Gasteiger partial charge in [0, 0.05) is 8.95 Å². The summed E-state index contributed by atoms with van der Waals surface area (Å²) in [6.07, 6.45) is 0. The first-order valence-electron chi connectivity index (χ1n) is 3.25. The Labute approximate surface area is 91.8 Å². The van der Waals surface area contributed by atoms with Gasteiger partial charge in [-0.05, 0) is 28.1 Å². The SMILES string of the molecule is N#Cc1c(Br)cc(Br)cc1C(N)=O. The lowest BCUT2D eigenvalue weighted by Crippen LogP contribution is -2.13. The van der Waals surface area contributed by atoms with E-state index in [0.29, 0.717) is 8.95 Å². The third-order valence-corrected chi connectivity index (χ3v) is 2.52. The molecular formula is C8H4Br2N2O. The fourth-order valence-corrected chi connectivity index (χ4v) is 2.20. The average molecular weight is 304 g/mol. The van der Waals surface area contributed by atoms with E-state index < -0.39 is 5.91 Å². The van der Waals surface area contributed by atoms with E-state index in [9.17, 15) is 4.79 Å². The van der Waals surface area contributed by atoms with Crippen molar-refractivity contribution >= 4 is 37.8 Å². The number of rotatable bonds is 1. The van der Waals surface area contributed by atoms with Crippen molar-refractivity contribution in [2.75, 3.05) is 0 Å². The number of hydrogen-bond donors (Lipinski definition) is 1. The highest BCUT2D eigenvalue weighted by Gasteiger charge is 2.12. The highest BCUT2D eigenvalue weighted by molar-refractivity contribution is 9.11. The van der Waals surface area contributed by atoms with Crippen molar-refractivity contribution < 1.29 is 4.79 Å². The van der Waals surface area contributed by atoms with E-state index in [2.05, 4.69) is 31.9 Å². The van der Waals surface area contributed by atoms with Crippen molar-refractivity contribution in [3.63, 3.8) is 0 Å². The summed E-state index contributed by atoms with van der Waals surface area (Å²) < 4.78 is 1.25. The molecule has 1 amide bonds. The van der Waals surface area contributed by atoms with Crippen LogP contribution in [-0.2, 0) is 0 Å². The summed E-state index contributed by atoms with van der Waals surface area (Å²) in [5.41, 5.74) is 5.57. The largest absolute Gasteiger partial charge is 0.366 e. The lowest BCUT2D eigenvalue weighted by molar-refractivity contribution is 0.1000. The maximum atomic E-state index is 10.9. The normalized spacial score (nSPS) is 9.31. The molecule has 1 rings (SSSR count). The molecule has 0 bridgehead atoms. The number of halogens is 2. The van der Waals surface area contributed by atoms with Crippen LogP contribution in [0, 0.1) is 11.3 Å². The Kier molecular flexibility index (Phi) is 3.07. The fourth-order valence-electron chi connectivity index (χ4n) is 0.882. The molecule has 0 saturated heterocycles. The summed E-state index contributed by atoms with van der Waals surface area (Å²) in [6, 6.07) is 5.11. The number of hydrogen-bond acceptors (Lipinski definition) is 2. The standard InChI is InChI=1S/C8H4Br2N2O/c9-4-1-5(8(12)13)6(3-11)7(10)2-4/h1-2H,(H2,12,13). The van der Waals surface area contributed by atoms with Gasteiger partial charge in [-0.3, -0.25) is 4.79 Å². The number of carbonyl (C=O) groups excluding carboxylic acids is 1. The van der Waals surface area contributed by atoms with Crippen LogP contribution < -0.4 is 5.73 Å². The topological polar surface area (TPSA) is 66.9 Å². The molecule has 3 nitrogen and oxygen atoms in total. The Morgan fingerprint density at radius 3 is 2.54 bits per heavy atom. The molecule has 13 heavy (non-hydrogen) atoms. The predicted molar refractivity (Wildman–Crippen MR) is 55.1 cm³/mol. The third-order valence-electron chi connectivity index (χ3n) is 1.43. The zero-order valence-corrected chi connectivity index (χ0v) is 9.52. The first-order valence-corrected chi connectivity index (χ1v) is 4.84. The summed E-state index contributed by atoms with van der Waals surface area (Å²) in [5.74, 6) is -0.612. The molecule has 0 fully saturated rings. The van der Waals surface area contributed by atoms with Gasteiger partial charge in [0.15, 0.2) is 0 Å². The molecule has 5 heteroatoms. The smallest absolute Gasteiger partial charge is 0.250 e. The van der Waals surface area contributed by atoms with E-state index in [1.165, 1.54) is 6.07 Å². The minimum Gasteiger partial charge on any atom is -0.366 e. The maximum absolute atomic E-state index is 10.9. The van der Waals surface area contributed by atoms with Crippen LogP contribution in [-0.4, -0.2) is 5.91 Å². The predicted octanol–water partition coefficient (Wildman–Crippen LogP) is 2.18. The van der Waals surface area contributed by atoms with Crippen LogP contribution in [0.1, 0.15) is 15.9 Å². The van der Waals surface area contributed by atoms with E-state index in [0.717, 1.165) is 0 Å². The molecule has 1 aromatic carbocycles. The summed E-state index contributed by atoms with van der Waals surface area (Å²) in [5, 5.41) is 8.74. The summed E-state index contributed by atoms with van der Waals surface area (Å²) >= 11 is 6.36. The van der Waals surface area contributed by atoms with Crippen molar-refractivity contribution in [2.24, 2.45) is 5.73 Å². The van der Waals surface area contributed by atoms with Gasteiger partial charge in [0.05, 0.1) is 11.1 Å². The Morgan fingerprint density at radius 2 is 2.08 bits per heavy atom. The van der Waals surface area contributed by atoms with E-state index in [4.69, 9.17) is 11.0 Å². The van der Waals surface area contributed by atoms with Crippen LogP contribution in [0.4, 0.5) is 0 Å². The number of nitriles is 1. The van der Waals surface area contributed by atoms with Gasteiger partial charge in [-0.15, -0.1) is 0 Å². The van der Waals surface area contributed by atoms with Crippen LogP contribution in [0.15, 0.2) is 21.1 Å². The minimum absolute atomic E-state index is 0.212. The van der Waals surface area contributed by atoms with Gasteiger partial charge in [-0.1, -0.05) is 15.9 Å². The molecule has 2 N–H and O–H groups in total. The van der Waals surface area contributed by atoms with Gasteiger partial charge in [0.25, 0.3) is 0 Å². The summed E-state index contributed by atoms with van der Waals surface area (Å²) in [4.78, 5) is 10.9. The molecule has 0 aliphatic carbocycles. The molecule has 1 aromatic rings. The average Bonchev–Trinajstić information content (AvgIpc) is 2.02. The molecule has 66 valence electrons. The lowest BCUT2D eigenvalue weighted by atomic mass is 10.1. The fraction of sp³-hybridized carbons (Fsp3) is 0. The van der Waals surface area contributed by atoms with Crippen LogP contribution in [0.25, 0.3) is 0 Å². The van der Waals surface area contributed by atoms with E-state index in [1.807, 2.05) is 6.07 Å². The van der Waals surface area contributed by atoms with E-state index >= 15 is 0 Å². The molecule has 0 heterocycles. The molecule has 0 radical (unpaired) electrons. The monoisotopic (exact) mass is 302 g/mol. The third kappa shape index (κ3) is 2.08. The Bertz CT molecular complexity index is 409. The molecule has 0 unspecified atom stereocenters. The van der Waals surface area contributed by atoms with Gasteiger partial charge in [0.1, 0.15) is 6.07 Å². The minimum atomic E-state index is -0.612. The van der Waals surface area contributed by atoms with Crippen LogP contribution in [0.3, 0.4) is 0 Å². The van der Waals surface area contributed by atoms with Crippen molar-refractivity contribution in [3.05, 3.63) is 32.2 Å². The molecule has 0 atom stereocenters. The number of benzene rings is 1. The summed E-state index contributed by atoms with van der Waals surface area (Å²) in [6.45, 7) is 0. The van der Waals surface area contributed by atoms with Gasteiger partial charge in [-0.2, -0.15) is 5.26 Å². The van der Waals surface area contributed by atoms with Gasteiger partial charge in [0.2, 0.25) is 5.91 Å². The van der Waals surface area contributed by atoms with Crippen LogP contribution in [0.5, 0.6) is 0 Å². The second-order valence-corrected chi connectivity index (χ2v) is 4.06. The first-order chi connectivity index (χ1) is 6.06. The van der Waals surface area contributed by atoms with Crippen molar-refractivity contribution in [2.45, 2.75) is 0 Å². The Balaban J connectivity index is 3.50. The molecule has 0 saturated carbocycles. The van der Waals surface area contributed by atoms with Crippen LogP contribution in [0.2, 0.25) is 0 Å². The summed E-state index contributed by atoms with van der Waals surface area (Å²) in [7, 11) is 0.